The summed E-state index contributed by atoms with van der Waals surface area (Å²) in [6.45, 7) is 0. The Morgan fingerprint density at radius 2 is 0.444 bits per heavy atom. The van der Waals surface area contributed by atoms with Gasteiger partial charge in [-0.15, -0.1) is 0 Å². The van der Waals surface area contributed by atoms with Crippen molar-refractivity contribution in [3.05, 3.63) is 48.6 Å². The van der Waals surface area contributed by atoms with Crippen LogP contribution in [0.2, 0.25) is 0 Å². The minimum absolute atomic E-state index is 0. The maximum atomic E-state index is 2.27. The van der Waals surface area contributed by atoms with Crippen molar-refractivity contribution in [2.75, 3.05) is 0 Å². The fraction of sp³-hybridized carbons (Fsp3) is 0.500. The predicted octanol–water partition coefficient (Wildman–Crippen LogP) is 5.34. The summed E-state index contributed by atoms with van der Waals surface area (Å²) in [5, 5.41) is 0. The summed E-state index contributed by atoms with van der Waals surface area (Å²) in [6, 6.07) is 0. The second-order valence-corrected chi connectivity index (χ2v) is 4.20. The van der Waals surface area contributed by atoms with Gasteiger partial charge in [-0.1, -0.05) is 48.6 Å². The molecule has 0 bridgehead atoms. The van der Waals surface area contributed by atoms with Crippen LogP contribution in [0, 0.1) is 0 Å². The van der Waals surface area contributed by atoms with E-state index in [2.05, 4.69) is 48.6 Å². The van der Waals surface area contributed by atoms with Crippen LogP contribution < -0.4 is 0 Å². The number of allylic oxidation sites excluding steroid dienone is 8. The molecule has 0 fully saturated rings. The molecule has 2 aliphatic carbocycles. The van der Waals surface area contributed by atoms with Gasteiger partial charge >= 0.3 is 0 Å². The Morgan fingerprint density at radius 3 is 0.556 bits per heavy atom. The largest absolute Gasteiger partial charge is 0.0882 e. The predicted molar refractivity (Wildman–Crippen MR) is 73.5 cm³/mol. The first-order valence-electron chi connectivity index (χ1n) is 6.60. The zero-order valence-electron chi connectivity index (χ0n) is 10.9. The number of rotatable bonds is 0. The van der Waals surface area contributed by atoms with Gasteiger partial charge in [-0.25, -0.2) is 0 Å². The van der Waals surface area contributed by atoms with E-state index in [1.54, 1.807) is 0 Å². The Morgan fingerprint density at radius 1 is 0.333 bits per heavy atom. The van der Waals surface area contributed by atoms with Crippen molar-refractivity contribution in [2.45, 2.75) is 51.4 Å². The van der Waals surface area contributed by atoms with Gasteiger partial charge in [-0.2, -0.15) is 0 Å². The van der Waals surface area contributed by atoms with Crippen LogP contribution >= 0.6 is 0 Å². The van der Waals surface area contributed by atoms with Crippen LogP contribution in [-0.2, 0) is 36.0 Å². The summed E-state index contributed by atoms with van der Waals surface area (Å²) in [5.41, 5.74) is 0. The molecule has 0 nitrogen and oxygen atoms in total. The minimum atomic E-state index is 0. The monoisotopic (exact) mass is 376 g/mol. The fourth-order valence-electron chi connectivity index (χ4n) is 1.71. The van der Waals surface area contributed by atoms with Gasteiger partial charge in [-0.3, -0.25) is 0 Å². The van der Waals surface area contributed by atoms with Gasteiger partial charge < -0.3 is 0 Å². The Kier molecular flexibility index (Phi) is 19.3. The molecule has 2 rings (SSSR count). The van der Waals surface area contributed by atoms with Crippen LogP contribution in [-0.4, -0.2) is 0 Å². The van der Waals surface area contributed by atoms with E-state index in [4.69, 9.17) is 0 Å². The summed E-state index contributed by atoms with van der Waals surface area (Å²) in [5.74, 6) is 0. The molecule has 0 unspecified atom stereocenters. The molecule has 0 saturated carbocycles. The summed E-state index contributed by atoms with van der Waals surface area (Å²) in [4.78, 5) is 0. The number of hydrogen-bond acceptors (Lipinski definition) is 0. The maximum Gasteiger partial charge on any atom is 0 e. The molecular formula is C16H24NiRu. The molecule has 0 heterocycles. The van der Waals surface area contributed by atoms with E-state index in [0.717, 1.165) is 0 Å². The van der Waals surface area contributed by atoms with Crippen LogP contribution in [0.1, 0.15) is 51.4 Å². The third-order valence-electron chi connectivity index (χ3n) is 2.67. The molecule has 18 heavy (non-hydrogen) atoms. The van der Waals surface area contributed by atoms with Crippen molar-refractivity contribution in [1.82, 2.24) is 0 Å². The normalized spacial score (nSPS) is 17.8. The molecule has 2 aliphatic rings. The molecule has 2 heteroatoms. The van der Waals surface area contributed by atoms with E-state index in [-0.39, 0.29) is 36.0 Å². The van der Waals surface area contributed by atoms with Crippen LogP contribution in [0.3, 0.4) is 0 Å². The van der Waals surface area contributed by atoms with E-state index >= 15 is 0 Å². The Labute approximate surface area is 135 Å². The molecule has 0 aliphatic heterocycles. The van der Waals surface area contributed by atoms with E-state index in [9.17, 15) is 0 Å². The zero-order valence-corrected chi connectivity index (χ0v) is 13.7. The minimum Gasteiger partial charge on any atom is -0.0882 e. The summed E-state index contributed by atoms with van der Waals surface area (Å²) in [7, 11) is 0. The van der Waals surface area contributed by atoms with Crippen molar-refractivity contribution in [3.63, 3.8) is 0 Å². The molecule has 0 amide bonds. The van der Waals surface area contributed by atoms with Gasteiger partial charge in [0.2, 0.25) is 0 Å². The first-order chi connectivity index (χ1) is 8.00. The smallest absolute Gasteiger partial charge is 0 e. The van der Waals surface area contributed by atoms with E-state index in [1.165, 1.54) is 51.4 Å². The van der Waals surface area contributed by atoms with Crippen molar-refractivity contribution >= 4 is 0 Å². The maximum absolute atomic E-state index is 2.27. The molecule has 0 atom stereocenters. The molecular weight excluding hydrogens is 352 g/mol. The van der Waals surface area contributed by atoms with Crippen LogP contribution in [0.15, 0.2) is 48.6 Å². The van der Waals surface area contributed by atoms with Crippen molar-refractivity contribution in [1.29, 1.82) is 0 Å². The van der Waals surface area contributed by atoms with Crippen molar-refractivity contribution in [2.24, 2.45) is 0 Å². The van der Waals surface area contributed by atoms with Crippen LogP contribution in [0.5, 0.6) is 0 Å². The SMILES string of the molecule is C1=CCCC=CCC1.C1=CCCC=CCC1.[Ni].[Ru]. The molecule has 0 aromatic carbocycles. The zero-order chi connectivity index (χ0) is 11.3. The second kappa shape index (κ2) is 17.1. The molecule has 0 spiro atoms. The Bertz CT molecular complexity index is 184. The molecule has 0 N–H and O–H groups in total. The van der Waals surface area contributed by atoms with Gasteiger partial charge in [0.25, 0.3) is 0 Å². The van der Waals surface area contributed by atoms with Gasteiger partial charge in [0.05, 0.1) is 0 Å². The van der Waals surface area contributed by atoms with Crippen LogP contribution in [0.4, 0.5) is 0 Å². The van der Waals surface area contributed by atoms with E-state index in [0.29, 0.717) is 0 Å². The molecule has 0 radical (unpaired) electrons. The van der Waals surface area contributed by atoms with Gasteiger partial charge in [0.15, 0.2) is 0 Å². The van der Waals surface area contributed by atoms with E-state index < -0.39 is 0 Å². The first kappa shape index (κ1) is 20.4. The third kappa shape index (κ3) is 14.1. The molecule has 106 valence electrons. The standard InChI is InChI=1S/2C8H12.Ni.Ru/c2*1-2-4-6-8-7-5-3-1;;/h2*1-2,7-8H,3-6H2;;. The molecule has 0 aromatic heterocycles. The first-order valence-corrected chi connectivity index (χ1v) is 6.60. The Hall–Kier alpha value is 0.0769. The van der Waals surface area contributed by atoms with Gasteiger partial charge in [-0.05, 0) is 51.4 Å². The molecule has 0 saturated heterocycles. The summed E-state index contributed by atoms with van der Waals surface area (Å²) >= 11 is 0. The topological polar surface area (TPSA) is 0 Å². The van der Waals surface area contributed by atoms with Gasteiger partial charge in [0.1, 0.15) is 0 Å². The summed E-state index contributed by atoms with van der Waals surface area (Å²) in [6.07, 6.45) is 28.0. The quantitative estimate of drug-likeness (QED) is 0.396. The van der Waals surface area contributed by atoms with E-state index in [1.807, 2.05) is 0 Å². The van der Waals surface area contributed by atoms with Gasteiger partial charge in [0, 0.05) is 36.0 Å². The van der Waals surface area contributed by atoms with Crippen LogP contribution in [0.25, 0.3) is 0 Å². The second-order valence-electron chi connectivity index (χ2n) is 4.20. The average molecular weight is 376 g/mol. The molecule has 0 aromatic rings. The summed E-state index contributed by atoms with van der Waals surface area (Å²) < 4.78 is 0. The fourth-order valence-corrected chi connectivity index (χ4v) is 1.71. The van der Waals surface area contributed by atoms with Crippen molar-refractivity contribution < 1.29 is 36.0 Å². The Balaban J connectivity index is 0. The third-order valence-corrected chi connectivity index (χ3v) is 2.67. The number of hydrogen-bond donors (Lipinski definition) is 0. The average Bonchev–Trinajstić information content (AvgIpc) is 2.15. The van der Waals surface area contributed by atoms with Crippen molar-refractivity contribution in [3.8, 4) is 0 Å².